The maximum atomic E-state index is 11.5. The van der Waals surface area contributed by atoms with Gasteiger partial charge in [-0.3, -0.25) is 4.79 Å². The highest BCUT2D eigenvalue weighted by molar-refractivity contribution is 6.35. The third-order valence-corrected chi connectivity index (χ3v) is 3.15. The molecule has 0 atom stereocenters. The van der Waals surface area contributed by atoms with Crippen LogP contribution < -0.4 is 5.32 Å². The monoisotopic (exact) mass is 329 g/mol. The summed E-state index contributed by atoms with van der Waals surface area (Å²) in [7, 11) is 0. The van der Waals surface area contributed by atoms with E-state index in [1.807, 2.05) is 13.0 Å². The molecular formula is C15H17Cl2NO3. The molecule has 114 valence electrons. The minimum absolute atomic E-state index is 0.290. The van der Waals surface area contributed by atoms with Crippen molar-refractivity contribution in [2.24, 2.45) is 0 Å². The predicted octanol–water partition coefficient (Wildman–Crippen LogP) is 3.16. The lowest BCUT2D eigenvalue weighted by Crippen LogP contribution is -2.30. The van der Waals surface area contributed by atoms with Crippen LogP contribution in [0, 0.1) is 0 Å². The van der Waals surface area contributed by atoms with Crippen molar-refractivity contribution in [3.63, 3.8) is 0 Å². The van der Waals surface area contributed by atoms with Crippen molar-refractivity contribution >= 4 is 35.1 Å². The summed E-state index contributed by atoms with van der Waals surface area (Å²) in [6.45, 7) is 2.02. The predicted molar refractivity (Wildman–Crippen MR) is 83.6 cm³/mol. The summed E-state index contributed by atoms with van der Waals surface area (Å²) in [5.74, 6) is -0.869. The molecule has 0 aliphatic rings. The van der Waals surface area contributed by atoms with Crippen molar-refractivity contribution in [3.05, 3.63) is 46.0 Å². The van der Waals surface area contributed by atoms with Gasteiger partial charge >= 0.3 is 5.97 Å². The van der Waals surface area contributed by atoms with E-state index in [1.54, 1.807) is 18.2 Å². The van der Waals surface area contributed by atoms with Crippen LogP contribution in [0.5, 0.6) is 0 Å². The smallest absolute Gasteiger partial charge is 0.330 e. The molecule has 0 fully saturated rings. The molecule has 1 N–H and O–H groups in total. The molecule has 1 rings (SSSR count). The second-order valence-corrected chi connectivity index (χ2v) is 5.10. The van der Waals surface area contributed by atoms with Crippen LogP contribution in [0.4, 0.5) is 0 Å². The Balaban J connectivity index is 2.27. The van der Waals surface area contributed by atoms with Crippen molar-refractivity contribution in [1.82, 2.24) is 5.32 Å². The molecule has 0 spiro atoms. The Morgan fingerprint density at radius 2 is 2.10 bits per heavy atom. The number of esters is 1. The van der Waals surface area contributed by atoms with Crippen LogP contribution in [0.3, 0.4) is 0 Å². The van der Waals surface area contributed by atoms with E-state index in [0.29, 0.717) is 23.0 Å². The van der Waals surface area contributed by atoms with Gasteiger partial charge in [-0.1, -0.05) is 42.3 Å². The number of amides is 1. The first kappa shape index (κ1) is 17.5. The second-order valence-electron chi connectivity index (χ2n) is 4.25. The van der Waals surface area contributed by atoms with E-state index >= 15 is 0 Å². The van der Waals surface area contributed by atoms with Gasteiger partial charge in [0, 0.05) is 22.7 Å². The molecule has 0 saturated carbocycles. The molecule has 0 heterocycles. The second kappa shape index (κ2) is 9.42. The van der Waals surface area contributed by atoms with Gasteiger partial charge < -0.3 is 10.1 Å². The lowest BCUT2D eigenvalue weighted by Gasteiger charge is -2.07. The quantitative estimate of drug-likeness (QED) is 0.617. The summed E-state index contributed by atoms with van der Waals surface area (Å²) in [6, 6.07) is 5.21. The molecule has 0 unspecified atom stereocenters. The van der Waals surface area contributed by atoms with E-state index in [2.05, 4.69) is 5.32 Å². The fourth-order valence-corrected chi connectivity index (χ4v) is 2.01. The largest absolute Gasteiger partial charge is 0.452 e. The van der Waals surface area contributed by atoms with Gasteiger partial charge in [-0.2, -0.15) is 0 Å². The Labute approximate surface area is 134 Å². The fraction of sp³-hybridized carbons (Fsp3) is 0.333. The molecule has 4 nitrogen and oxygen atoms in total. The molecule has 6 heteroatoms. The highest BCUT2D eigenvalue weighted by Crippen LogP contribution is 2.20. The standard InChI is InChI=1S/C15H17Cl2NO3/c1-2-3-4-15(20)21-10-14(19)18-8-7-11-5-6-12(16)9-13(11)17/h3-6,9H,2,7-8,10H2,1H3,(H,18,19)/b4-3+. The van der Waals surface area contributed by atoms with E-state index in [1.165, 1.54) is 6.08 Å². The number of ether oxygens (including phenoxy) is 1. The summed E-state index contributed by atoms with van der Waals surface area (Å²) in [6.07, 6.45) is 4.29. The molecule has 0 radical (unpaired) electrons. The SMILES string of the molecule is CC/C=C/C(=O)OCC(=O)NCCc1ccc(Cl)cc1Cl. The van der Waals surface area contributed by atoms with Gasteiger partial charge in [0.15, 0.2) is 6.61 Å². The number of carbonyl (C=O) groups excluding carboxylic acids is 2. The molecule has 1 amide bonds. The number of halogens is 2. The summed E-state index contributed by atoms with van der Waals surface area (Å²) < 4.78 is 4.77. The Morgan fingerprint density at radius 3 is 2.76 bits per heavy atom. The molecule has 0 bridgehead atoms. The molecule has 0 aliphatic carbocycles. The zero-order chi connectivity index (χ0) is 15.7. The Bertz CT molecular complexity index is 530. The fourth-order valence-electron chi connectivity index (χ4n) is 1.51. The average molecular weight is 330 g/mol. The van der Waals surface area contributed by atoms with E-state index in [-0.39, 0.29) is 12.5 Å². The maximum Gasteiger partial charge on any atom is 0.330 e. The minimum atomic E-state index is -0.521. The first-order valence-corrected chi connectivity index (χ1v) is 7.32. The van der Waals surface area contributed by atoms with Crippen molar-refractivity contribution in [3.8, 4) is 0 Å². The highest BCUT2D eigenvalue weighted by Gasteiger charge is 2.06. The lowest BCUT2D eigenvalue weighted by atomic mass is 10.1. The van der Waals surface area contributed by atoms with Gasteiger partial charge in [-0.05, 0) is 30.5 Å². The lowest BCUT2D eigenvalue weighted by molar-refractivity contribution is -0.143. The number of allylic oxidation sites excluding steroid dienone is 1. The average Bonchev–Trinajstić information content (AvgIpc) is 2.45. The van der Waals surface area contributed by atoms with Gasteiger partial charge in [0.2, 0.25) is 0 Å². The van der Waals surface area contributed by atoms with Crippen molar-refractivity contribution in [2.45, 2.75) is 19.8 Å². The zero-order valence-electron chi connectivity index (χ0n) is 11.7. The maximum absolute atomic E-state index is 11.5. The number of benzene rings is 1. The van der Waals surface area contributed by atoms with Crippen LogP contribution in [0.2, 0.25) is 10.0 Å². The van der Waals surface area contributed by atoms with Crippen LogP contribution in [-0.2, 0) is 20.7 Å². The Hall–Kier alpha value is -1.52. The van der Waals surface area contributed by atoms with E-state index in [4.69, 9.17) is 27.9 Å². The van der Waals surface area contributed by atoms with Crippen LogP contribution in [0.1, 0.15) is 18.9 Å². The summed E-state index contributed by atoms with van der Waals surface area (Å²) in [5.41, 5.74) is 0.893. The molecule has 1 aromatic rings. The van der Waals surface area contributed by atoms with E-state index in [0.717, 1.165) is 12.0 Å². The topological polar surface area (TPSA) is 55.4 Å². The molecule has 21 heavy (non-hydrogen) atoms. The normalized spacial score (nSPS) is 10.6. The van der Waals surface area contributed by atoms with Crippen molar-refractivity contribution < 1.29 is 14.3 Å². The third kappa shape index (κ3) is 7.16. The summed E-state index contributed by atoms with van der Waals surface area (Å²) >= 11 is 11.8. The van der Waals surface area contributed by atoms with Crippen LogP contribution in [0.25, 0.3) is 0 Å². The van der Waals surface area contributed by atoms with Crippen LogP contribution >= 0.6 is 23.2 Å². The number of hydrogen-bond acceptors (Lipinski definition) is 3. The number of nitrogens with one attached hydrogen (secondary N) is 1. The van der Waals surface area contributed by atoms with E-state index < -0.39 is 5.97 Å². The molecule has 0 aromatic heterocycles. The van der Waals surface area contributed by atoms with Gasteiger partial charge in [0.05, 0.1) is 0 Å². The molecule has 0 saturated heterocycles. The first-order chi connectivity index (χ1) is 10.0. The highest BCUT2D eigenvalue weighted by atomic mass is 35.5. The van der Waals surface area contributed by atoms with Crippen molar-refractivity contribution in [1.29, 1.82) is 0 Å². The first-order valence-electron chi connectivity index (χ1n) is 6.57. The third-order valence-electron chi connectivity index (χ3n) is 2.57. The molecule has 1 aromatic carbocycles. The zero-order valence-corrected chi connectivity index (χ0v) is 13.2. The Kier molecular flexibility index (Phi) is 7.87. The van der Waals surface area contributed by atoms with Gasteiger partial charge in [0.1, 0.15) is 0 Å². The Morgan fingerprint density at radius 1 is 1.33 bits per heavy atom. The van der Waals surface area contributed by atoms with Gasteiger partial charge in [-0.15, -0.1) is 0 Å². The van der Waals surface area contributed by atoms with Gasteiger partial charge in [-0.25, -0.2) is 4.79 Å². The minimum Gasteiger partial charge on any atom is -0.452 e. The number of rotatable bonds is 7. The summed E-state index contributed by atoms with van der Waals surface area (Å²) in [5, 5.41) is 3.78. The molecule has 0 aliphatic heterocycles. The van der Waals surface area contributed by atoms with E-state index in [9.17, 15) is 9.59 Å². The van der Waals surface area contributed by atoms with Crippen LogP contribution in [-0.4, -0.2) is 25.0 Å². The van der Waals surface area contributed by atoms with Crippen molar-refractivity contribution in [2.75, 3.05) is 13.2 Å². The summed E-state index contributed by atoms with van der Waals surface area (Å²) in [4.78, 5) is 22.6. The number of carbonyl (C=O) groups is 2. The molecular weight excluding hydrogens is 313 g/mol. The van der Waals surface area contributed by atoms with Crippen LogP contribution in [0.15, 0.2) is 30.4 Å². The van der Waals surface area contributed by atoms with Gasteiger partial charge in [0.25, 0.3) is 5.91 Å². The number of hydrogen-bond donors (Lipinski definition) is 1.